The molecule has 0 saturated carbocycles. The fourth-order valence-corrected chi connectivity index (χ4v) is 3.64. The maximum Gasteiger partial charge on any atom is 0.403 e. The fourth-order valence-electron chi connectivity index (χ4n) is 3.64. The first-order valence-corrected chi connectivity index (χ1v) is 10.2. The molecule has 164 valence electrons. The summed E-state index contributed by atoms with van der Waals surface area (Å²) >= 11 is 0. The lowest BCUT2D eigenvalue weighted by Crippen LogP contribution is -2.56. The van der Waals surface area contributed by atoms with Crippen molar-refractivity contribution in [2.45, 2.75) is 32.1 Å². The Bertz CT molecular complexity index is 810. The molecule has 2 heterocycles. The lowest BCUT2D eigenvalue weighted by atomic mass is 10.2. The van der Waals surface area contributed by atoms with Crippen LogP contribution in [-0.4, -0.2) is 77.3 Å². The number of aromatic nitrogens is 2. The summed E-state index contributed by atoms with van der Waals surface area (Å²) in [4.78, 5) is 12.2. The van der Waals surface area contributed by atoms with Crippen LogP contribution < -0.4 is 5.32 Å². The quantitative estimate of drug-likeness (QED) is 0.574. The van der Waals surface area contributed by atoms with Crippen LogP contribution in [0.4, 0.5) is 13.2 Å². The highest BCUT2D eigenvalue weighted by molar-refractivity contribution is 5.80. The van der Waals surface area contributed by atoms with E-state index in [1.165, 1.54) is 17.4 Å². The molecular weight excluding hydrogens is 393 g/mol. The van der Waals surface area contributed by atoms with E-state index in [-0.39, 0.29) is 0 Å². The Hall–Kier alpha value is -2.55. The van der Waals surface area contributed by atoms with Crippen LogP contribution in [0.15, 0.2) is 47.7 Å². The number of hydrogen-bond donors (Lipinski definition) is 1. The summed E-state index contributed by atoms with van der Waals surface area (Å²) in [5, 5.41) is 3.32. The molecule has 0 radical (unpaired) electrons. The zero-order valence-corrected chi connectivity index (χ0v) is 17.4. The SMILES string of the molecule is CN=C(NCCc1nccn1Cc1ccccc1)N1CCN(C(C)C(F)(F)F)CC1. The molecule has 1 aliphatic heterocycles. The van der Waals surface area contributed by atoms with Gasteiger partial charge in [-0.05, 0) is 12.5 Å². The minimum Gasteiger partial charge on any atom is -0.356 e. The van der Waals surface area contributed by atoms with Gasteiger partial charge in [-0.2, -0.15) is 13.2 Å². The van der Waals surface area contributed by atoms with E-state index in [1.54, 1.807) is 13.2 Å². The minimum absolute atomic E-state index is 0.364. The van der Waals surface area contributed by atoms with Crippen LogP contribution >= 0.6 is 0 Å². The third-order valence-electron chi connectivity index (χ3n) is 5.48. The summed E-state index contributed by atoms with van der Waals surface area (Å²) in [7, 11) is 1.70. The van der Waals surface area contributed by atoms with E-state index in [1.807, 2.05) is 29.3 Å². The third-order valence-corrected chi connectivity index (χ3v) is 5.48. The molecule has 0 aliphatic carbocycles. The second-order valence-electron chi connectivity index (χ2n) is 7.42. The molecule has 6 nitrogen and oxygen atoms in total. The zero-order chi connectivity index (χ0) is 21.6. The number of alkyl halides is 3. The Labute approximate surface area is 175 Å². The average molecular weight is 422 g/mol. The first kappa shape index (κ1) is 22.1. The molecule has 1 aliphatic rings. The van der Waals surface area contributed by atoms with Gasteiger partial charge < -0.3 is 14.8 Å². The van der Waals surface area contributed by atoms with Gasteiger partial charge in [0.1, 0.15) is 11.9 Å². The summed E-state index contributed by atoms with van der Waals surface area (Å²) in [5.74, 6) is 1.70. The molecular formula is C21H29F3N6. The Kier molecular flexibility index (Phi) is 7.36. The number of hydrogen-bond acceptors (Lipinski definition) is 3. The first-order valence-electron chi connectivity index (χ1n) is 10.2. The maximum atomic E-state index is 12.9. The Morgan fingerprint density at radius 2 is 1.87 bits per heavy atom. The van der Waals surface area contributed by atoms with Crippen LogP contribution in [0.2, 0.25) is 0 Å². The predicted octanol–water partition coefficient (Wildman–Crippen LogP) is 2.62. The molecule has 0 amide bonds. The van der Waals surface area contributed by atoms with E-state index in [0.717, 1.165) is 24.7 Å². The van der Waals surface area contributed by atoms with Crippen LogP contribution in [0.5, 0.6) is 0 Å². The van der Waals surface area contributed by atoms with Gasteiger partial charge in [0.05, 0.1) is 0 Å². The first-order chi connectivity index (χ1) is 14.4. The van der Waals surface area contributed by atoms with E-state index in [9.17, 15) is 13.2 Å². The number of nitrogens with zero attached hydrogens (tertiary/aromatic N) is 5. The summed E-state index contributed by atoms with van der Waals surface area (Å²) < 4.78 is 40.9. The number of rotatable bonds is 6. The number of imidazole rings is 1. The summed E-state index contributed by atoms with van der Waals surface area (Å²) in [6.45, 7) is 4.40. The van der Waals surface area contributed by atoms with E-state index >= 15 is 0 Å². The van der Waals surface area contributed by atoms with Crippen molar-refractivity contribution in [1.82, 2.24) is 24.7 Å². The van der Waals surface area contributed by atoms with Gasteiger partial charge in [-0.15, -0.1) is 0 Å². The van der Waals surface area contributed by atoms with Gasteiger partial charge in [0.2, 0.25) is 0 Å². The van der Waals surface area contributed by atoms with Gasteiger partial charge >= 0.3 is 6.18 Å². The molecule has 1 atom stereocenters. The van der Waals surface area contributed by atoms with Crippen LogP contribution in [-0.2, 0) is 13.0 Å². The van der Waals surface area contributed by atoms with Gasteiger partial charge in [-0.25, -0.2) is 4.98 Å². The highest BCUT2D eigenvalue weighted by atomic mass is 19.4. The van der Waals surface area contributed by atoms with Gasteiger partial charge in [0.15, 0.2) is 5.96 Å². The minimum atomic E-state index is -4.19. The Morgan fingerprint density at radius 1 is 1.17 bits per heavy atom. The van der Waals surface area contributed by atoms with Crippen molar-refractivity contribution in [3.63, 3.8) is 0 Å². The number of halogens is 3. The predicted molar refractivity (Wildman–Crippen MR) is 111 cm³/mol. The highest BCUT2D eigenvalue weighted by Crippen LogP contribution is 2.25. The molecule has 0 spiro atoms. The van der Waals surface area contributed by atoms with Gasteiger partial charge in [-0.3, -0.25) is 9.89 Å². The molecule has 1 N–H and O–H groups in total. The normalized spacial score (nSPS) is 17.2. The van der Waals surface area contributed by atoms with Crippen molar-refractivity contribution in [1.29, 1.82) is 0 Å². The summed E-state index contributed by atoms with van der Waals surface area (Å²) in [5.41, 5.74) is 1.21. The van der Waals surface area contributed by atoms with E-state index in [2.05, 4.69) is 32.0 Å². The third kappa shape index (κ3) is 5.75. The molecule has 9 heteroatoms. The van der Waals surface area contributed by atoms with Gasteiger partial charge in [0, 0.05) is 65.1 Å². The van der Waals surface area contributed by atoms with Crippen LogP contribution in [0.1, 0.15) is 18.3 Å². The van der Waals surface area contributed by atoms with Crippen molar-refractivity contribution in [3.05, 3.63) is 54.1 Å². The lowest BCUT2D eigenvalue weighted by molar-refractivity contribution is -0.181. The second kappa shape index (κ2) is 9.97. The molecule has 1 unspecified atom stereocenters. The van der Waals surface area contributed by atoms with Crippen molar-refractivity contribution < 1.29 is 13.2 Å². The molecule has 1 saturated heterocycles. The number of aliphatic imine (C=N–C) groups is 1. The van der Waals surface area contributed by atoms with Crippen LogP contribution in [0, 0.1) is 0 Å². The molecule has 1 aromatic heterocycles. The number of nitrogens with one attached hydrogen (secondary N) is 1. The van der Waals surface area contributed by atoms with E-state index < -0.39 is 12.2 Å². The van der Waals surface area contributed by atoms with Crippen molar-refractivity contribution >= 4 is 5.96 Å². The highest BCUT2D eigenvalue weighted by Gasteiger charge is 2.41. The molecule has 1 fully saturated rings. The summed E-state index contributed by atoms with van der Waals surface area (Å²) in [6, 6.07) is 8.79. The van der Waals surface area contributed by atoms with Gasteiger partial charge in [0.25, 0.3) is 0 Å². The number of piperazine rings is 1. The zero-order valence-electron chi connectivity index (χ0n) is 17.4. The topological polar surface area (TPSA) is 48.7 Å². The Morgan fingerprint density at radius 3 is 2.50 bits per heavy atom. The molecule has 1 aromatic carbocycles. The number of benzene rings is 1. The largest absolute Gasteiger partial charge is 0.403 e. The maximum absolute atomic E-state index is 12.9. The molecule has 0 bridgehead atoms. The number of guanidine groups is 1. The van der Waals surface area contributed by atoms with Crippen molar-refractivity contribution in [2.75, 3.05) is 39.8 Å². The van der Waals surface area contributed by atoms with E-state index in [0.29, 0.717) is 32.7 Å². The van der Waals surface area contributed by atoms with Crippen LogP contribution in [0.25, 0.3) is 0 Å². The molecule has 3 rings (SSSR count). The van der Waals surface area contributed by atoms with Crippen LogP contribution in [0.3, 0.4) is 0 Å². The summed E-state index contributed by atoms with van der Waals surface area (Å²) in [6.07, 6.45) is 0.306. The van der Waals surface area contributed by atoms with Gasteiger partial charge in [-0.1, -0.05) is 30.3 Å². The van der Waals surface area contributed by atoms with Crippen molar-refractivity contribution in [2.24, 2.45) is 4.99 Å². The fraction of sp³-hybridized carbons (Fsp3) is 0.524. The second-order valence-corrected chi connectivity index (χ2v) is 7.42. The Balaban J connectivity index is 1.48. The van der Waals surface area contributed by atoms with Crippen molar-refractivity contribution in [3.8, 4) is 0 Å². The monoisotopic (exact) mass is 422 g/mol. The molecule has 30 heavy (non-hydrogen) atoms. The lowest BCUT2D eigenvalue weighted by Gasteiger charge is -2.39. The average Bonchev–Trinajstić information content (AvgIpc) is 3.18. The molecule has 2 aromatic rings. The van der Waals surface area contributed by atoms with E-state index in [4.69, 9.17) is 0 Å². The smallest absolute Gasteiger partial charge is 0.356 e. The standard InChI is InChI=1S/C21H29F3N6/c1-17(21(22,23)24)28-12-14-29(15-13-28)20(25-2)27-9-8-19-26-10-11-30(19)16-18-6-4-3-5-7-18/h3-7,10-11,17H,8-9,12-16H2,1-2H3,(H,25,27).